The summed E-state index contributed by atoms with van der Waals surface area (Å²) < 4.78 is 2.86. The third-order valence-electron chi connectivity index (χ3n) is 3.13. The number of halogens is 2. The predicted molar refractivity (Wildman–Crippen MR) is 83.5 cm³/mol. The second-order valence-electron chi connectivity index (χ2n) is 4.82. The zero-order valence-electron chi connectivity index (χ0n) is 10.3. The molecule has 1 aliphatic rings. The molecule has 6 heteroatoms. The monoisotopic (exact) mass is 388 g/mol. The van der Waals surface area contributed by atoms with Crippen molar-refractivity contribution in [3.8, 4) is 5.69 Å². The predicted octanol–water partition coefficient (Wildman–Crippen LogP) is 3.02. The molecule has 0 atom stereocenters. The maximum Gasteiger partial charge on any atom is 0.0969 e. The normalized spacial score (nSPS) is 14.8. The van der Waals surface area contributed by atoms with Crippen LogP contribution in [0.15, 0.2) is 24.4 Å². The molecule has 4 nitrogen and oxygen atoms in total. The second kappa shape index (κ2) is 5.76. The molecule has 1 heterocycles. The van der Waals surface area contributed by atoms with E-state index in [1.807, 2.05) is 24.4 Å². The average molecular weight is 389 g/mol. The fourth-order valence-electron chi connectivity index (χ4n) is 1.89. The van der Waals surface area contributed by atoms with Crippen LogP contribution in [0.5, 0.6) is 0 Å². The maximum atomic E-state index is 5.95. The van der Waals surface area contributed by atoms with Crippen LogP contribution in [0.3, 0.4) is 0 Å². The van der Waals surface area contributed by atoms with Crippen molar-refractivity contribution in [2.75, 3.05) is 6.54 Å². The van der Waals surface area contributed by atoms with Crippen LogP contribution in [0.1, 0.15) is 18.5 Å². The molecule has 1 saturated carbocycles. The molecule has 3 rings (SSSR count). The van der Waals surface area contributed by atoms with Crippen LogP contribution in [0.2, 0.25) is 5.02 Å². The highest BCUT2D eigenvalue weighted by Gasteiger charge is 2.20. The Morgan fingerprint density at radius 2 is 2.26 bits per heavy atom. The Hall–Kier alpha value is -0.660. The Bertz CT molecular complexity index is 580. The van der Waals surface area contributed by atoms with Crippen molar-refractivity contribution in [3.63, 3.8) is 0 Å². The van der Waals surface area contributed by atoms with E-state index in [2.05, 4.69) is 38.2 Å². The molecule has 0 unspecified atom stereocenters. The van der Waals surface area contributed by atoms with Crippen LogP contribution in [-0.2, 0) is 6.54 Å². The summed E-state index contributed by atoms with van der Waals surface area (Å²) in [4.78, 5) is 0. The van der Waals surface area contributed by atoms with Gasteiger partial charge in [-0.05, 0) is 66.1 Å². The van der Waals surface area contributed by atoms with Gasteiger partial charge in [0, 0.05) is 15.1 Å². The lowest BCUT2D eigenvalue weighted by atomic mass is 10.3. The molecule has 0 aliphatic heterocycles. The van der Waals surface area contributed by atoms with Gasteiger partial charge >= 0.3 is 0 Å². The first-order valence-corrected chi connectivity index (χ1v) is 7.75. The van der Waals surface area contributed by atoms with Crippen molar-refractivity contribution in [1.82, 2.24) is 20.3 Å². The summed E-state index contributed by atoms with van der Waals surface area (Å²) in [5, 5.41) is 12.5. The van der Waals surface area contributed by atoms with Gasteiger partial charge in [-0.1, -0.05) is 16.8 Å². The summed E-state index contributed by atoms with van der Waals surface area (Å²) in [5.74, 6) is 0.882. The van der Waals surface area contributed by atoms with E-state index in [4.69, 9.17) is 11.6 Å². The molecule has 1 aromatic heterocycles. The Labute approximate surface area is 130 Å². The highest BCUT2D eigenvalue weighted by Crippen LogP contribution is 2.27. The molecule has 1 aliphatic carbocycles. The van der Waals surface area contributed by atoms with Crippen molar-refractivity contribution in [3.05, 3.63) is 38.7 Å². The summed E-state index contributed by atoms with van der Waals surface area (Å²) in [6.45, 7) is 1.87. The third kappa shape index (κ3) is 3.46. The van der Waals surface area contributed by atoms with E-state index in [1.54, 1.807) is 4.68 Å². The van der Waals surface area contributed by atoms with Crippen LogP contribution >= 0.6 is 34.2 Å². The Morgan fingerprint density at radius 1 is 1.42 bits per heavy atom. The van der Waals surface area contributed by atoms with Crippen LogP contribution in [0.25, 0.3) is 5.69 Å². The minimum Gasteiger partial charge on any atom is -0.311 e. The van der Waals surface area contributed by atoms with Gasteiger partial charge < -0.3 is 5.32 Å². The number of nitrogens with zero attached hydrogens (tertiary/aromatic N) is 3. The quantitative estimate of drug-likeness (QED) is 0.801. The van der Waals surface area contributed by atoms with E-state index in [0.29, 0.717) is 0 Å². The van der Waals surface area contributed by atoms with Crippen LogP contribution in [0, 0.1) is 9.49 Å². The summed E-state index contributed by atoms with van der Waals surface area (Å²) in [5.41, 5.74) is 1.97. The second-order valence-corrected chi connectivity index (χ2v) is 6.42. The summed E-state index contributed by atoms with van der Waals surface area (Å²) in [7, 11) is 0. The lowest BCUT2D eigenvalue weighted by Crippen LogP contribution is -2.16. The van der Waals surface area contributed by atoms with Crippen LogP contribution < -0.4 is 5.32 Å². The van der Waals surface area contributed by atoms with Gasteiger partial charge in [0.15, 0.2) is 0 Å². The van der Waals surface area contributed by atoms with Crippen molar-refractivity contribution in [1.29, 1.82) is 0 Å². The number of rotatable bonds is 5. The summed E-state index contributed by atoms with van der Waals surface area (Å²) >= 11 is 8.21. The maximum absolute atomic E-state index is 5.95. The van der Waals surface area contributed by atoms with Gasteiger partial charge in [-0.3, -0.25) is 0 Å². The number of hydrogen-bond donors (Lipinski definition) is 1. The molecular weight excluding hydrogens is 375 g/mol. The van der Waals surface area contributed by atoms with Crippen LogP contribution in [-0.4, -0.2) is 21.5 Å². The van der Waals surface area contributed by atoms with Gasteiger partial charge in [0.1, 0.15) is 0 Å². The van der Waals surface area contributed by atoms with Crippen LogP contribution in [0.4, 0.5) is 0 Å². The van der Waals surface area contributed by atoms with E-state index in [-0.39, 0.29) is 0 Å². The van der Waals surface area contributed by atoms with E-state index in [0.717, 1.165) is 39.0 Å². The Kier molecular flexibility index (Phi) is 4.04. The molecule has 1 N–H and O–H groups in total. The van der Waals surface area contributed by atoms with Gasteiger partial charge in [0.05, 0.1) is 17.6 Å². The SMILES string of the molecule is Clc1ccc(-n2cc(CNCC3CC3)nn2)c(I)c1. The van der Waals surface area contributed by atoms with Gasteiger partial charge in [-0.25, -0.2) is 4.68 Å². The zero-order valence-corrected chi connectivity index (χ0v) is 13.2. The van der Waals surface area contributed by atoms with Crippen molar-refractivity contribution in [2.45, 2.75) is 19.4 Å². The minimum absolute atomic E-state index is 0.736. The molecule has 0 bridgehead atoms. The number of aromatic nitrogens is 3. The van der Waals surface area contributed by atoms with Crippen molar-refractivity contribution < 1.29 is 0 Å². The Morgan fingerprint density at radius 3 is 3.00 bits per heavy atom. The van der Waals surface area contributed by atoms with E-state index in [1.165, 1.54) is 12.8 Å². The van der Waals surface area contributed by atoms with E-state index >= 15 is 0 Å². The molecule has 100 valence electrons. The Balaban J connectivity index is 1.68. The minimum atomic E-state index is 0.736. The first kappa shape index (κ1) is 13.3. The molecule has 0 radical (unpaired) electrons. The first-order chi connectivity index (χ1) is 9.22. The largest absolute Gasteiger partial charge is 0.311 e. The molecule has 2 aromatic rings. The van der Waals surface area contributed by atoms with Gasteiger partial charge in [0.2, 0.25) is 0 Å². The topological polar surface area (TPSA) is 42.7 Å². The standard InChI is InChI=1S/C13H14ClIN4/c14-10-3-4-13(12(15)5-10)19-8-11(17-18-19)7-16-6-9-1-2-9/h3-5,8-9,16H,1-2,6-7H2. The number of benzene rings is 1. The highest BCUT2D eigenvalue weighted by molar-refractivity contribution is 14.1. The smallest absolute Gasteiger partial charge is 0.0969 e. The van der Waals surface area contributed by atoms with Gasteiger partial charge in [-0.2, -0.15) is 0 Å². The van der Waals surface area contributed by atoms with Gasteiger partial charge in [0.25, 0.3) is 0 Å². The average Bonchev–Trinajstić information content (AvgIpc) is 3.07. The van der Waals surface area contributed by atoms with Crippen molar-refractivity contribution >= 4 is 34.2 Å². The highest BCUT2D eigenvalue weighted by atomic mass is 127. The third-order valence-corrected chi connectivity index (χ3v) is 4.23. The molecule has 1 fully saturated rings. The molecular formula is C13H14ClIN4. The fraction of sp³-hybridized carbons (Fsp3) is 0.385. The van der Waals surface area contributed by atoms with Crippen molar-refractivity contribution in [2.24, 2.45) is 5.92 Å². The molecule has 19 heavy (non-hydrogen) atoms. The van der Waals surface area contributed by atoms with E-state index in [9.17, 15) is 0 Å². The van der Waals surface area contributed by atoms with Gasteiger partial charge in [-0.15, -0.1) is 5.10 Å². The lowest BCUT2D eigenvalue weighted by molar-refractivity contribution is 0.628. The summed E-state index contributed by atoms with van der Waals surface area (Å²) in [6, 6.07) is 5.75. The zero-order chi connectivity index (χ0) is 13.2. The number of hydrogen-bond acceptors (Lipinski definition) is 3. The lowest BCUT2D eigenvalue weighted by Gasteiger charge is -2.03. The first-order valence-electron chi connectivity index (χ1n) is 6.30. The van der Waals surface area contributed by atoms with E-state index < -0.39 is 0 Å². The molecule has 0 saturated heterocycles. The summed E-state index contributed by atoms with van der Waals surface area (Å²) in [6.07, 6.45) is 4.69. The number of nitrogens with one attached hydrogen (secondary N) is 1. The fourth-order valence-corrected chi connectivity index (χ4v) is 3.01. The molecule has 0 spiro atoms. The molecule has 1 aromatic carbocycles. The molecule has 0 amide bonds.